The van der Waals surface area contributed by atoms with Gasteiger partial charge >= 0.3 is 0 Å². The van der Waals surface area contributed by atoms with Crippen LogP contribution >= 0.6 is 0 Å². The maximum absolute atomic E-state index is 10.8. The minimum atomic E-state index is 0.615. The van der Waals surface area contributed by atoms with E-state index >= 15 is 0 Å². The highest BCUT2D eigenvalue weighted by atomic mass is 16.1. The standard InChI is InChI=1S/C16H13NO/c1-11-5-7-12(8-6-11)14-3-2-4-16-15(14)9-13(10-18)17-16/h2-10,17H,1H3. The molecular formula is C16H13NO. The summed E-state index contributed by atoms with van der Waals surface area (Å²) in [5.41, 5.74) is 5.17. The fourth-order valence-corrected chi connectivity index (χ4v) is 2.23. The molecule has 0 fully saturated rings. The van der Waals surface area contributed by atoms with Gasteiger partial charge in [-0.05, 0) is 30.2 Å². The number of aldehydes is 1. The van der Waals surface area contributed by atoms with Crippen LogP contribution in [0.15, 0.2) is 48.5 Å². The molecule has 0 unspecified atom stereocenters. The van der Waals surface area contributed by atoms with Crippen molar-refractivity contribution in [3.05, 3.63) is 59.8 Å². The highest BCUT2D eigenvalue weighted by Crippen LogP contribution is 2.29. The van der Waals surface area contributed by atoms with E-state index in [1.54, 1.807) is 0 Å². The summed E-state index contributed by atoms with van der Waals surface area (Å²) >= 11 is 0. The van der Waals surface area contributed by atoms with Crippen LogP contribution < -0.4 is 0 Å². The predicted octanol–water partition coefficient (Wildman–Crippen LogP) is 3.96. The second-order valence-corrected chi connectivity index (χ2v) is 4.48. The third-order valence-electron chi connectivity index (χ3n) is 3.17. The summed E-state index contributed by atoms with van der Waals surface area (Å²) in [6.45, 7) is 2.07. The first-order valence-corrected chi connectivity index (χ1v) is 5.92. The number of aromatic nitrogens is 1. The van der Waals surface area contributed by atoms with Gasteiger partial charge in [0, 0.05) is 10.9 Å². The molecule has 2 nitrogen and oxygen atoms in total. The molecule has 0 amide bonds. The molecule has 2 aromatic carbocycles. The average Bonchev–Trinajstić information content (AvgIpc) is 2.82. The summed E-state index contributed by atoms with van der Waals surface area (Å²) < 4.78 is 0. The highest BCUT2D eigenvalue weighted by molar-refractivity contribution is 5.98. The van der Waals surface area contributed by atoms with Crippen LogP contribution in [-0.2, 0) is 0 Å². The van der Waals surface area contributed by atoms with Crippen LogP contribution in [-0.4, -0.2) is 11.3 Å². The van der Waals surface area contributed by atoms with Gasteiger partial charge in [0.05, 0.1) is 5.69 Å². The molecule has 0 spiro atoms. The average molecular weight is 235 g/mol. The lowest BCUT2D eigenvalue weighted by Gasteiger charge is -2.04. The Bertz CT molecular complexity index is 708. The Morgan fingerprint density at radius 3 is 2.56 bits per heavy atom. The molecule has 3 rings (SSSR count). The van der Waals surface area contributed by atoms with Crippen molar-refractivity contribution in [2.45, 2.75) is 6.92 Å². The predicted molar refractivity (Wildman–Crippen MR) is 73.9 cm³/mol. The minimum Gasteiger partial charge on any atom is -0.352 e. The number of carbonyl (C=O) groups excluding carboxylic acids is 1. The summed E-state index contributed by atoms with van der Waals surface area (Å²) in [4.78, 5) is 13.9. The van der Waals surface area contributed by atoms with Crippen molar-refractivity contribution in [3.63, 3.8) is 0 Å². The summed E-state index contributed by atoms with van der Waals surface area (Å²) in [7, 11) is 0. The number of aromatic amines is 1. The van der Waals surface area contributed by atoms with Gasteiger partial charge in [-0.25, -0.2) is 0 Å². The van der Waals surface area contributed by atoms with Crippen LogP contribution in [0.2, 0.25) is 0 Å². The van der Waals surface area contributed by atoms with Crippen molar-refractivity contribution < 1.29 is 4.79 Å². The Kier molecular flexibility index (Phi) is 2.49. The van der Waals surface area contributed by atoms with Crippen LogP contribution in [0.3, 0.4) is 0 Å². The van der Waals surface area contributed by atoms with E-state index in [0.717, 1.165) is 22.8 Å². The van der Waals surface area contributed by atoms with Gasteiger partial charge in [0.1, 0.15) is 0 Å². The van der Waals surface area contributed by atoms with E-state index in [4.69, 9.17) is 0 Å². The smallest absolute Gasteiger partial charge is 0.166 e. The highest BCUT2D eigenvalue weighted by Gasteiger charge is 2.06. The van der Waals surface area contributed by atoms with E-state index in [9.17, 15) is 4.79 Å². The number of carbonyl (C=O) groups is 1. The van der Waals surface area contributed by atoms with E-state index < -0.39 is 0 Å². The number of hydrogen-bond acceptors (Lipinski definition) is 1. The largest absolute Gasteiger partial charge is 0.352 e. The molecule has 3 aromatic rings. The van der Waals surface area contributed by atoms with E-state index in [0.29, 0.717) is 5.69 Å². The second kappa shape index (κ2) is 4.15. The van der Waals surface area contributed by atoms with Gasteiger partial charge in [-0.1, -0.05) is 42.0 Å². The zero-order valence-electron chi connectivity index (χ0n) is 10.1. The molecule has 0 radical (unpaired) electrons. The normalized spacial score (nSPS) is 10.7. The zero-order chi connectivity index (χ0) is 12.5. The van der Waals surface area contributed by atoms with Gasteiger partial charge in [0.15, 0.2) is 6.29 Å². The summed E-state index contributed by atoms with van der Waals surface area (Å²) in [6, 6.07) is 16.4. The van der Waals surface area contributed by atoms with Crippen LogP contribution in [0.1, 0.15) is 16.1 Å². The fraction of sp³-hybridized carbons (Fsp3) is 0.0625. The van der Waals surface area contributed by atoms with Crippen LogP contribution in [0.4, 0.5) is 0 Å². The number of hydrogen-bond donors (Lipinski definition) is 1. The first-order chi connectivity index (χ1) is 8.78. The topological polar surface area (TPSA) is 32.9 Å². The Morgan fingerprint density at radius 1 is 1.06 bits per heavy atom. The first-order valence-electron chi connectivity index (χ1n) is 5.92. The molecule has 88 valence electrons. The summed E-state index contributed by atoms with van der Waals surface area (Å²) in [6.07, 6.45) is 0.846. The van der Waals surface area contributed by atoms with Crippen molar-refractivity contribution in [2.24, 2.45) is 0 Å². The third kappa shape index (κ3) is 1.72. The van der Waals surface area contributed by atoms with E-state index in [1.165, 1.54) is 11.1 Å². The Morgan fingerprint density at radius 2 is 1.83 bits per heavy atom. The van der Waals surface area contributed by atoms with Crippen molar-refractivity contribution >= 4 is 17.2 Å². The lowest BCUT2D eigenvalue weighted by molar-refractivity contribution is 0.112. The monoisotopic (exact) mass is 235 g/mol. The summed E-state index contributed by atoms with van der Waals surface area (Å²) in [5, 5.41) is 1.09. The Balaban J connectivity index is 2.25. The number of benzene rings is 2. The lowest BCUT2D eigenvalue weighted by Crippen LogP contribution is -1.79. The Labute approximate surface area is 105 Å². The lowest BCUT2D eigenvalue weighted by atomic mass is 10.0. The van der Waals surface area contributed by atoms with Gasteiger partial charge < -0.3 is 4.98 Å². The molecule has 2 heteroatoms. The molecule has 1 heterocycles. The number of fused-ring (bicyclic) bond motifs is 1. The van der Waals surface area contributed by atoms with Crippen molar-refractivity contribution in [1.29, 1.82) is 0 Å². The molecule has 0 bridgehead atoms. The van der Waals surface area contributed by atoms with Gasteiger partial charge in [-0.15, -0.1) is 0 Å². The third-order valence-corrected chi connectivity index (χ3v) is 3.17. The van der Waals surface area contributed by atoms with E-state index in [2.05, 4.69) is 42.2 Å². The van der Waals surface area contributed by atoms with Gasteiger partial charge in [-0.2, -0.15) is 0 Å². The molecule has 0 aliphatic carbocycles. The number of H-pyrrole nitrogens is 1. The van der Waals surface area contributed by atoms with Crippen molar-refractivity contribution in [1.82, 2.24) is 4.98 Å². The maximum Gasteiger partial charge on any atom is 0.166 e. The Hall–Kier alpha value is -2.35. The number of aryl methyl sites for hydroxylation is 1. The molecule has 1 aromatic heterocycles. The molecule has 0 saturated heterocycles. The fourth-order valence-electron chi connectivity index (χ4n) is 2.23. The molecule has 0 aliphatic rings. The van der Waals surface area contributed by atoms with E-state index in [1.807, 2.05) is 18.2 Å². The quantitative estimate of drug-likeness (QED) is 0.670. The SMILES string of the molecule is Cc1ccc(-c2cccc3[nH]c(C=O)cc23)cc1. The second-order valence-electron chi connectivity index (χ2n) is 4.48. The van der Waals surface area contributed by atoms with Crippen molar-refractivity contribution in [2.75, 3.05) is 0 Å². The van der Waals surface area contributed by atoms with Gasteiger partial charge in [0.2, 0.25) is 0 Å². The van der Waals surface area contributed by atoms with Crippen LogP contribution in [0, 0.1) is 6.92 Å². The van der Waals surface area contributed by atoms with E-state index in [-0.39, 0.29) is 0 Å². The van der Waals surface area contributed by atoms with Gasteiger partial charge in [0.25, 0.3) is 0 Å². The molecule has 1 N–H and O–H groups in total. The molecule has 18 heavy (non-hydrogen) atoms. The number of rotatable bonds is 2. The maximum atomic E-state index is 10.8. The molecule has 0 atom stereocenters. The number of nitrogens with one attached hydrogen (secondary N) is 1. The zero-order valence-corrected chi connectivity index (χ0v) is 10.1. The van der Waals surface area contributed by atoms with Crippen LogP contribution in [0.5, 0.6) is 0 Å². The molecule has 0 saturated carbocycles. The molecule has 0 aliphatic heterocycles. The first kappa shape index (κ1) is 10.8. The van der Waals surface area contributed by atoms with Crippen molar-refractivity contribution in [3.8, 4) is 11.1 Å². The van der Waals surface area contributed by atoms with Crippen LogP contribution in [0.25, 0.3) is 22.0 Å². The van der Waals surface area contributed by atoms with Gasteiger partial charge in [-0.3, -0.25) is 4.79 Å². The summed E-state index contributed by atoms with van der Waals surface area (Å²) in [5.74, 6) is 0. The minimum absolute atomic E-state index is 0.615. The molecular weight excluding hydrogens is 222 g/mol.